The lowest BCUT2D eigenvalue weighted by atomic mass is 10.1. The Morgan fingerprint density at radius 2 is 1.65 bits per heavy atom. The number of carbonyl (C=O) groups excluding carboxylic acids is 3. The van der Waals surface area contributed by atoms with Crippen molar-refractivity contribution in [1.82, 2.24) is 5.32 Å². The molecule has 0 fully saturated rings. The van der Waals surface area contributed by atoms with E-state index in [2.05, 4.69) is 10.6 Å². The minimum absolute atomic E-state index is 0.0312. The van der Waals surface area contributed by atoms with Gasteiger partial charge in [-0.3, -0.25) is 14.4 Å². The van der Waals surface area contributed by atoms with Crippen molar-refractivity contribution < 1.29 is 18.8 Å². The number of amides is 2. The van der Waals surface area contributed by atoms with Crippen LogP contribution in [0.2, 0.25) is 0 Å². The predicted molar refractivity (Wildman–Crippen MR) is 97.1 cm³/mol. The molecule has 2 aromatic carbocycles. The molecule has 0 atom stereocenters. The molecule has 2 rings (SSSR count). The highest BCUT2D eigenvalue weighted by Crippen LogP contribution is 2.11. The van der Waals surface area contributed by atoms with Gasteiger partial charge < -0.3 is 10.6 Å². The molecular formula is C20H19FN2O3. The van der Waals surface area contributed by atoms with E-state index in [0.717, 1.165) is 6.08 Å². The molecule has 0 bridgehead atoms. The zero-order chi connectivity index (χ0) is 19.1. The highest BCUT2D eigenvalue weighted by Gasteiger charge is 2.09. The molecule has 0 aliphatic carbocycles. The molecule has 5 nitrogen and oxygen atoms in total. The first-order chi connectivity index (χ1) is 12.4. The van der Waals surface area contributed by atoms with E-state index in [-0.39, 0.29) is 17.9 Å². The Labute approximate surface area is 150 Å². The van der Waals surface area contributed by atoms with E-state index in [1.165, 1.54) is 19.9 Å². The number of anilines is 1. The van der Waals surface area contributed by atoms with E-state index in [0.29, 0.717) is 16.8 Å². The van der Waals surface area contributed by atoms with Gasteiger partial charge in [0.15, 0.2) is 5.78 Å². The van der Waals surface area contributed by atoms with Gasteiger partial charge in [0.2, 0.25) is 5.91 Å². The van der Waals surface area contributed by atoms with Crippen molar-refractivity contribution in [2.45, 2.75) is 20.4 Å². The number of halogens is 1. The van der Waals surface area contributed by atoms with Crippen molar-refractivity contribution in [3.05, 3.63) is 77.1 Å². The van der Waals surface area contributed by atoms with Crippen molar-refractivity contribution in [2.24, 2.45) is 0 Å². The highest BCUT2D eigenvalue weighted by atomic mass is 19.1. The summed E-state index contributed by atoms with van der Waals surface area (Å²) in [4.78, 5) is 35.2. The number of benzene rings is 2. The minimum atomic E-state index is -0.493. The van der Waals surface area contributed by atoms with Crippen molar-refractivity contribution in [1.29, 1.82) is 0 Å². The van der Waals surface area contributed by atoms with E-state index in [1.807, 2.05) is 0 Å². The molecular weight excluding hydrogens is 335 g/mol. The summed E-state index contributed by atoms with van der Waals surface area (Å²) in [7, 11) is 0. The maximum Gasteiger partial charge on any atom is 0.251 e. The standard InChI is InChI=1S/C20H19FN2O3/c1-13(11-19(25)22-12-16-5-3-4-6-18(16)21)20(26)23-17-9-7-15(8-10-17)14(2)24/h3-11H,12H2,1-2H3,(H,22,25)(H,23,26)/b13-11-. The van der Waals surface area contributed by atoms with Crippen LogP contribution in [0.5, 0.6) is 0 Å². The lowest BCUT2D eigenvalue weighted by Gasteiger charge is -2.07. The summed E-state index contributed by atoms with van der Waals surface area (Å²) in [5.74, 6) is -1.40. The number of hydrogen-bond donors (Lipinski definition) is 2. The lowest BCUT2D eigenvalue weighted by molar-refractivity contribution is -0.117. The zero-order valence-corrected chi connectivity index (χ0v) is 14.5. The van der Waals surface area contributed by atoms with Gasteiger partial charge in [-0.1, -0.05) is 18.2 Å². The SMILES string of the molecule is CC(=O)c1ccc(NC(=O)/C(C)=C\C(=O)NCc2ccccc2F)cc1. The van der Waals surface area contributed by atoms with Crippen molar-refractivity contribution in [3.8, 4) is 0 Å². The first-order valence-electron chi connectivity index (χ1n) is 7.98. The Balaban J connectivity index is 1.92. The van der Waals surface area contributed by atoms with Crippen LogP contribution >= 0.6 is 0 Å². The number of ketones is 1. The average molecular weight is 354 g/mol. The molecule has 2 N–H and O–H groups in total. The normalized spacial score (nSPS) is 11.0. The van der Waals surface area contributed by atoms with Crippen LogP contribution in [-0.2, 0) is 16.1 Å². The number of Topliss-reactive ketones (excluding diaryl/α,β-unsaturated/α-hetero) is 1. The average Bonchev–Trinajstić information content (AvgIpc) is 2.61. The number of nitrogens with one attached hydrogen (secondary N) is 2. The highest BCUT2D eigenvalue weighted by molar-refractivity contribution is 6.07. The van der Waals surface area contributed by atoms with E-state index >= 15 is 0 Å². The third-order valence-electron chi connectivity index (χ3n) is 3.67. The third-order valence-corrected chi connectivity index (χ3v) is 3.67. The molecule has 0 aliphatic rings. The predicted octanol–water partition coefficient (Wildman–Crippen LogP) is 3.23. The Morgan fingerprint density at radius 3 is 2.27 bits per heavy atom. The minimum Gasteiger partial charge on any atom is -0.348 e. The zero-order valence-electron chi connectivity index (χ0n) is 14.5. The van der Waals surface area contributed by atoms with E-state index in [4.69, 9.17) is 0 Å². The molecule has 0 unspecified atom stereocenters. The quantitative estimate of drug-likeness (QED) is 0.618. The maximum absolute atomic E-state index is 13.5. The first kappa shape index (κ1) is 19.1. The summed E-state index contributed by atoms with van der Waals surface area (Å²) < 4.78 is 13.5. The summed E-state index contributed by atoms with van der Waals surface area (Å²) in [5.41, 5.74) is 1.62. The Morgan fingerprint density at radius 1 is 1.00 bits per heavy atom. The van der Waals surface area contributed by atoms with Crippen LogP contribution in [0.15, 0.2) is 60.2 Å². The monoisotopic (exact) mass is 354 g/mol. The molecule has 0 aliphatic heterocycles. The fourth-order valence-electron chi connectivity index (χ4n) is 2.16. The van der Waals surface area contributed by atoms with Gasteiger partial charge in [-0.05, 0) is 44.2 Å². The molecule has 0 heterocycles. The molecule has 0 aromatic heterocycles. The number of rotatable bonds is 6. The lowest BCUT2D eigenvalue weighted by Crippen LogP contribution is -2.23. The smallest absolute Gasteiger partial charge is 0.251 e. The van der Waals surface area contributed by atoms with Crippen LogP contribution in [0.1, 0.15) is 29.8 Å². The van der Waals surface area contributed by atoms with Gasteiger partial charge in [0.1, 0.15) is 5.82 Å². The molecule has 0 spiro atoms. The van der Waals surface area contributed by atoms with Crippen molar-refractivity contribution in [2.75, 3.05) is 5.32 Å². The van der Waals surface area contributed by atoms with Gasteiger partial charge in [-0.25, -0.2) is 4.39 Å². The second-order valence-corrected chi connectivity index (χ2v) is 5.72. The van der Waals surface area contributed by atoms with Gasteiger partial charge in [-0.2, -0.15) is 0 Å². The van der Waals surface area contributed by atoms with Gasteiger partial charge >= 0.3 is 0 Å². The van der Waals surface area contributed by atoms with Gasteiger partial charge in [0.25, 0.3) is 5.91 Å². The molecule has 26 heavy (non-hydrogen) atoms. The Hall–Kier alpha value is -3.28. The van der Waals surface area contributed by atoms with Gasteiger partial charge in [0.05, 0.1) is 0 Å². The molecule has 0 radical (unpaired) electrons. The molecule has 2 aromatic rings. The second-order valence-electron chi connectivity index (χ2n) is 5.72. The number of hydrogen-bond acceptors (Lipinski definition) is 3. The first-order valence-corrected chi connectivity index (χ1v) is 7.98. The molecule has 6 heteroatoms. The van der Waals surface area contributed by atoms with E-state index < -0.39 is 17.6 Å². The fraction of sp³-hybridized carbons (Fsp3) is 0.150. The Bertz CT molecular complexity index is 858. The van der Waals surface area contributed by atoms with E-state index in [9.17, 15) is 18.8 Å². The van der Waals surface area contributed by atoms with Gasteiger partial charge in [-0.15, -0.1) is 0 Å². The van der Waals surface area contributed by atoms with Crippen molar-refractivity contribution >= 4 is 23.3 Å². The van der Waals surface area contributed by atoms with Crippen LogP contribution in [0.4, 0.5) is 10.1 Å². The largest absolute Gasteiger partial charge is 0.348 e. The summed E-state index contributed by atoms with van der Waals surface area (Å²) >= 11 is 0. The maximum atomic E-state index is 13.5. The third kappa shape index (κ3) is 5.37. The van der Waals surface area contributed by atoms with Crippen LogP contribution in [0.3, 0.4) is 0 Å². The van der Waals surface area contributed by atoms with E-state index in [1.54, 1.807) is 42.5 Å². The summed E-state index contributed by atoms with van der Waals surface area (Å²) in [6.07, 6.45) is 1.15. The van der Waals surface area contributed by atoms with Gasteiger partial charge in [0, 0.05) is 35.0 Å². The van der Waals surface area contributed by atoms with Crippen LogP contribution in [0, 0.1) is 5.82 Å². The Kier molecular flexibility index (Phi) is 6.38. The molecule has 2 amide bonds. The van der Waals surface area contributed by atoms with Crippen molar-refractivity contribution in [3.63, 3.8) is 0 Å². The number of carbonyl (C=O) groups is 3. The topological polar surface area (TPSA) is 75.3 Å². The molecule has 0 saturated heterocycles. The molecule has 0 saturated carbocycles. The van der Waals surface area contributed by atoms with Crippen LogP contribution in [-0.4, -0.2) is 17.6 Å². The molecule has 134 valence electrons. The summed E-state index contributed by atoms with van der Waals surface area (Å²) in [6.45, 7) is 2.99. The summed E-state index contributed by atoms with van der Waals surface area (Å²) in [5, 5.41) is 5.17. The second kappa shape index (κ2) is 8.71. The van der Waals surface area contributed by atoms with Crippen LogP contribution in [0.25, 0.3) is 0 Å². The summed E-state index contributed by atoms with van der Waals surface area (Å²) in [6, 6.07) is 12.6. The van der Waals surface area contributed by atoms with Crippen LogP contribution < -0.4 is 10.6 Å². The fourth-order valence-corrected chi connectivity index (χ4v) is 2.16.